The zero-order valence-corrected chi connectivity index (χ0v) is 9.80. The van der Waals surface area contributed by atoms with E-state index >= 15 is 0 Å². The van der Waals surface area contributed by atoms with Crippen LogP contribution in [0, 0.1) is 6.92 Å². The summed E-state index contributed by atoms with van der Waals surface area (Å²) in [5.41, 5.74) is 0.409. The maximum Gasteiger partial charge on any atom is 0.387 e. The highest BCUT2D eigenvalue weighted by molar-refractivity contribution is 5.40. The van der Waals surface area contributed by atoms with Crippen LogP contribution in [0.5, 0.6) is 11.5 Å². The van der Waals surface area contributed by atoms with Gasteiger partial charge in [-0.2, -0.15) is 8.78 Å². The van der Waals surface area contributed by atoms with E-state index in [1.54, 1.807) is 19.1 Å². The first-order valence-corrected chi connectivity index (χ1v) is 5.44. The molecule has 1 heterocycles. The number of nitrogens with one attached hydrogen (secondary N) is 1. The molecule has 94 valence electrons. The molecule has 0 atom stereocenters. The lowest BCUT2D eigenvalue weighted by Gasteiger charge is -2.39. The largest absolute Gasteiger partial charge is 0.485 e. The number of hydrogen-bond donors (Lipinski definition) is 1. The number of hydrogen-bond acceptors (Lipinski definition) is 3. The molecule has 0 saturated carbocycles. The molecule has 1 saturated heterocycles. The number of rotatable bonds is 4. The molecular formula is C12H15F2NO2. The Hall–Kier alpha value is -1.36. The topological polar surface area (TPSA) is 30.5 Å². The van der Waals surface area contributed by atoms with Gasteiger partial charge in [-0.05, 0) is 25.5 Å². The Morgan fingerprint density at radius 2 is 2.06 bits per heavy atom. The smallest absolute Gasteiger partial charge is 0.387 e. The van der Waals surface area contributed by atoms with Crippen molar-refractivity contribution in [3.05, 3.63) is 23.8 Å². The third kappa shape index (κ3) is 2.85. The molecule has 1 aromatic carbocycles. The van der Waals surface area contributed by atoms with Gasteiger partial charge in [0, 0.05) is 19.2 Å². The van der Waals surface area contributed by atoms with Gasteiger partial charge in [0.1, 0.15) is 17.1 Å². The van der Waals surface area contributed by atoms with E-state index in [4.69, 9.17) is 4.74 Å². The van der Waals surface area contributed by atoms with Crippen LogP contribution in [0.4, 0.5) is 8.78 Å². The molecule has 0 unspecified atom stereocenters. The summed E-state index contributed by atoms with van der Waals surface area (Å²) in [6.45, 7) is 2.38. The normalized spacial score (nSPS) is 17.7. The van der Waals surface area contributed by atoms with Crippen molar-refractivity contribution in [1.29, 1.82) is 0 Å². The van der Waals surface area contributed by atoms with Gasteiger partial charge in [0.2, 0.25) is 0 Å². The molecule has 1 aliphatic rings. The van der Waals surface area contributed by atoms with Gasteiger partial charge in [0.25, 0.3) is 0 Å². The van der Waals surface area contributed by atoms with Crippen molar-refractivity contribution in [1.82, 2.24) is 5.32 Å². The van der Waals surface area contributed by atoms with Crippen LogP contribution in [0.1, 0.15) is 12.5 Å². The van der Waals surface area contributed by atoms with Crippen LogP contribution in [0.15, 0.2) is 18.2 Å². The summed E-state index contributed by atoms with van der Waals surface area (Å²) >= 11 is 0. The second kappa shape index (κ2) is 4.49. The standard InChI is InChI=1S/C12H15F2NO2/c1-8-3-4-9(5-10(8)16-11(13)14)17-12(2)6-15-7-12/h3-5,11,15H,6-7H2,1-2H3. The average Bonchev–Trinajstić information content (AvgIpc) is 2.20. The summed E-state index contributed by atoms with van der Waals surface area (Å²) in [6.07, 6.45) is 0. The monoisotopic (exact) mass is 243 g/mol. The van der Waals surface area contributed by atoms with Crippen molar-refractivity contribution >= 4 is 0 Å². The summed E-state index contributed by atoms with van der Waals surface area (Å²) in [6, 6.07) is 4.98. The predicted octanol–water partition coefficient (Wildman–Crippen LogP) is 2.34. The third-order valence-electron chi connectivity index (χ3n) is 2.74. The summed E-state index contributed by atoms with van der Waals surface area (Å²) in [4.78, 5) is 0. The molecule has 1 N–H and O–H groups in total. The Morgan fingerprint density at radius 3 is 2.59 bits per heavy atom. The van der Waals surface area contributed by atoms with Crippen molar-refractivity contribution in [2.24, 2.45) is 0 Å². The van der Waals surface area contributed by atoms with E-state index in [-0.39, 0.29) is 11.4 Å². The first kappa shape index (κ1) is 12.1. The predicted molar refractivity (Wildman–Crippen MR) is 59.7 cm³/mol. The average molecular weight is 243 g/mol. The summed E-state index contributed by atoms with van der Waals surface area (Å²) in [7, 11) is 0. The fourth-order valence-electron chi connectivity index (χ4n) is 1.70. The van der Waals surface area contributed by atoms with E-state index in [1.807, 2.05) is 6.92 Å². The van der Waals surface area contributed by atoms with Gasteiger partial charge in [-0.1, -0.05) is 6.07 Å². The Labute approximate surface area is 98.7 Å². The lowest BCUT2D eigenvalue weighted by Crippen LogP contribution is -2.61. The first-order chi connectivity index (χ1) is 7.98. The molecule has 2 rings (SSSR count). The Kier molecular flexibility index (Phi) is 3.19. The van der Waals surface area contributed by atoms with Crippen LogP contribution in [-0.2, 0) is 0 Å². The van der Waals surface area contributed by atoms with Crippen molar-refractivity contribution in [3.8, 4) is 11.5 Å². The summed E-state index contributed by atoms with van der Waals surface area (Å²) in [5, 5.41) is 3.10. The number of alkyl halides is 2. The third-order valence-corrected chi connectivity index (χ3v) is 2.74. The fraction of sp³-hybridized carbons (Fsp3) is 0.500. The SMILES string of the molecule is Cc1ccc(OC2(C)CNC2)cc1OC(F)F. The minimum atomic E-state index is -2.81. The zero-order chi connectivity index (χ0) is 12.5. The highest BCUT2D eigenvalue weighted by atomic mass is 19.3. The van der Waals surface area contributed by atoms with Crippen molar-refractivity contribution in [2.45, 2.75) is 26.1 Å². The number of halogens is 2. The van der Waals surface area contributed by atoms with Gasteiger partial charge >= 0.3 is 6.61 Å². The summed E-state index contributed by atoms with van der Waals surface area (Å²) in [5.74, 6) is 0.712. The lowest BCUT2D eigenvalue weighted by atomic mass is 10.00. The zero-order valence-electron chi connectivity index (χ0n) is 9.80. The van der Waals surface area contributed by atoms with E-state index in [2.05, 4.69) is 10.1 Å². The molecule has 0 aliphatic carbocycles. The molecular weight excluding hydrogens is 228 g/mol. The van der Waals surface area contributed by atoms with Crippen LogP contribution in [-0.4, -0.2) is 25.3 Å². The highest BCUT2D eigenvalue weighted by Crippen LogP contribution is 2.29. The van der Waals surface area contributed by atoms with Gasteiger partial charge in [0.15, 0.2) is 0 Å². The number of aryl methyl sites for hydroxylation is 1. The molecule has 0 amide bonds. The summed E-state index contributed by atoms with van der Waals surface area (Å²) < 4.78 is 34.5. The second-order valence-electron chi connectivity index (χ2n) is 4.46. The van der Waals surface area contributed by atoms with Gasteiger partial charge in [-0.25, -0.2) is 0 Å². The van der Waals surface area contributed by atoms with Crippen LogP contribution in [0.3, 0.4) is 0 Å². The molecule has 1 fully saturated rings. The van der Waals surface area contributed by atoms with Crippen molar-refractivity contribution in [3.63, 3.8) is 0 Å². The number of benzene rings is 1. The molecule has 17 heavy (non-hydrogen) atoms. The molecule has 5 heteroatoms. The molecule has 1 aromatic rings. The maximum atomic E-state index is 12.2. The van der Waals surface area contributed by atoms with Gasteiger partial charge < -0.3 is 14.8 Å². The van der Waals surface area contributed by atoms with Gasteiger partial charge in [0.05, 0.1) is 0 Å². The van der Waals surface area contributed by atoms with E-state index in [9.17, 15) is 8.78 Å². The minimum absolute atomic E-state index is 0.161. The molecule has 1 aliphatic heterocycles. The van der Waals surface area contributed by atoms with E-state index < -0.39 is 6.61 Å². The quantitative estimate of drug-likeness (QED) is 0.880. The van der Waals surface area contributed by atoms with Gasteiger partial charge in [-0.15, -0.1) is 0 Å². The number of ether oxygens (including phenoxy) is 2. The van der Waals surface area contributed by atoms with Crippen LogP contribution >= 0.6 is 0 Å². The molecule has 0 spiro atoms. The van der Waals surface area contributed by atoms with Crippen LogP contribution < -0.4 is 14.8 Å². The van der Waals surface area contributed by atoms with E-state index in [1.165, 1.54) is 6.07 Å². The first-order valence-electron chi connectivity index (χ1n) is 5.44. The minimum Gasteiger partial charge on any atom is -0.485 e. The van der Waals surface area contributed by atoms with Gasteiger partial charge in [-0.3, -0.25) is 0 Å². The molecule has 0 aromatic heterocycles. The molecule has 0 bridgehead atoms. The Morgan fingerprint density at radius 1 is 1.35 bits per heavy atom. The maximum absolute atomic E-state index is 12.2. The highest BCUT2D eigenvalue weighted by Gasteiger charge is 2.33. The van der Waals surface area contributed by atoms with E-state index in [0.717, 1.165) is 13.1 Å². The van der Waals surface area contributed by atoms with E-state index in [0.29, 0.717) is 11.3 Å². The Balaban J connectivity index is 2.12. The molecule has 0 radical (unpaired) electrons. The molecule has 3 nitrogen and oxygen atoms in total. The Bertz CT molecular complexity index is 405. The van der Waals surface area contributed by atoms with Crippen LogP contribution in [0.2, 0.25) is 0 Å². The lowest BCUT2D eigenvalue weighted by molar-refractivity contribution is -0.0506. The van der Waals surface area contributed by atoms with Crippen molar-refractivity contribution < 1.29 is 18.3 Å². The van der Waals surface area contributed by atoms with Crippen LogP contribution in [0.25, 0.3) is 0 Å². The van der Waals surface area contributed by atoms with Crippen molar-refractivity contribution in [2.75, 3.05) is 13.1 Å². The fourth-order valence-corrected chi connectivity index (χ4v) is 1.70. The second-order valence-corrected chi connectivity index (χ2v) is 4.46.